The number of aliphatic carboxylic acids is 1. The standard InChI is InChI=1S/C19H21NO3S/c21-18(22)13-5-2-8-14-20-19(23)16-11-6-7-12-17(16)24-15-9-3-1-4-10-15/h1,3-4,6-7,9-12H,2,5,8,13-14H2,(H,20,23)(H,21,22). The Bertz CT molecular complexity index is 673. The summed E-state index contributed by atoms with van der Waals surface area (Å²) in [6.07, 6.45) is 2.41. The number of carbonyl (C=O) groups is 2. The number of carbonyl (C=O) groups excluding carboxylic acids is 1. The number of benzene rings is 2. The van der Waals surface area contributed by atoms with E-state index in [1.54, 1.807) is 11.8 Å². The molecule has 0 unspecified atom stereocenters. The Morgan fingerprint density at radius 3 is 2.38 bits per heavy atom. The molecule has 1 amide bonds. The van der Waals surface area contributed by atoms with Gasteiger partial charge in [-0.1, -0.05) is 48.5 Å². The second kappa shape index (κ2) is 9.78. The van der Waals surface area contributed by atoms with Gasteiger partial charge < -0.3 is 10.4 Å². The highest BCUT2D eigenvalue weighted by molar-refractivity contribution is 7.99. The van der Waals surface area contributed by atoms with Crippen molar-refractivity contribution in [3.05, 3.63) is 60.2 Å². The van der Waals surface area contributed by atoms with Crippen LogP contribution in [0.3, 0.4) is 0 Å². The van der Waals surface area contributed by atoms with Crippen LogP contribution in [0.4, 0.5) is 0 Å². The highest BCUT2D eigenvalue weighted by atomic mass is 32.2. The van der Waals surface area contributed by atoms with E-state index in [4.69, 9.17) is 5.11 Å². The molecule has 0 heterocycles. The van der Waals surface area contributed by atoms with E-state index in [9.17, 15) is 9.59 Å². The highest BCUT2D eigenvalue weighted by Gasteiger charge is 2.11. The number of amides is 1. The van der Waals surface area contributed by atoms with Gasteiger partial charge in [0.1, 0.15) is 0 Å². The van der Waals surface area contributed by atoms with E-state index in [-0.39, 0.29) is 12.3 Å². The van der Waals surface area contributed by atoms with Gasteiger partial charge >= 0.3 is 5.97 Å². The molecule has 2 rings (SSSR count). The van der Waals surface area contributed by atoms with Crippen LogP contribution in [-0.2, 0) is 4.79 Å². The summed E-state index contributed by atoms with van der Waals surface area (Å²) in [5.74, 6) is -0.863. The zero-order chi connectivity index (χ0) is 17.2. The van der Waals surface area contributed by atoms with Crippen LogP contribution in [0.2, 0.25) is 0 Å². The molecule has 2 aromatic rings. The van der Waals surface area contributed by atoms with Crippen molar-refractivity contribution < 1.29 is 14.7 Å². The van der Waals surface area contributed by atoms with Crippen molar-refractivity contribution in [1.82, 2.24) is 5.32 Å². The van der Waals surface area contributed by atoms with Gasteiger partial charge in [-0.2, -0.15) is 0 Å². The minimum Gasteiger partial charge on any atom is -0.481 e. The maximum atomic E-state index is 12.4. The van der Waals surface area contributed by atoms with Gasteiger partial charge in [0.15, 0.2) is 0 Å². The average molecular weight is 343 g/mol. The first-order valence-electron chi connectivity index (χ1n) is 7.99. The van der Waals surface area contributed by atoms with Crippen molar-refractivity contribution in [1.29, 1.82) is 0 Å². The number of nitrogens with one attached hydrogen (secondary N) is 1. The number of hydrogen-bond donors (Lipinski definition) is 2. The van der Waals surface area contributed by atoms with E-state index in [2.05, 4.69) is 5.32 Å². The smallest absolute Gasteiger partial charge is 0.303 e. The van der Waals surface area contributed by atoms with Gasteiger partial charge in [-0.3, -0.25) is 9.59 Å². The van der Waals surface area contributed by atoms with E-state index in [1.165, 1.54) is 0 Å². The van der Waals surface area contributed by atoms with Gasteiger partial charge in [-0.05, 0) is 37.1 Å². The lowest BCUT2D eigenvalue weighted by Crippen LogP contribution is -2.25. The Morgan fingerprint density at radius 1 is 0.917 bits per heavy atom. The third-order valence-corrected chi connectivity index (χ3v) is 4.54. The minimum absolute atomic E-state index is 0.0905. The van der Waals surface area contributed by atoms with Crippen LogP contribution < -0.4 is 5.32 Å². The van der Waals surface area contributed by atoms with Crippen LogP contribution in [0.5, 0.6) is 0 Å². The Kier molecular flexibility index (Phi) is 7.36. The lowest BCUT2D eigenvalue weighted by Gasteiger charge is -2.10. The molecule has 4 nitrogen and oxygen atoms in total. The molecular formula is C19H21NO3S. The Balaban J connectivity index is 1.87. The van der Waals surface area contributed by atoms with Crippen LogP contribution in [0.1, 0.15) is 36.0 Å². The molecule has 5 heteroatoms. The number of carboxylic acids is 1. The second-order valence-corrected chi connectivity index (χ2v) is 6.49. The lowest BCUT2D eigenvalue weighted by atomic mass is 10.2. The number of carboxylic acid groups (broad SMARTS) is 1. The summed E-state index contributed by atoms with van der Waals surface area (Å²) in [4.78, 5) is 24.8. The topological polar surface area (TPSA) is 66.4 Å². The Labute approximate surface area is 146 Å². The number of rotatable bonds is 9. The molecular weight excluding hydrogens is 322 g/mol. The van der Waals surface area contributed by atoms with Crippen molar-refractivity contribution in [2.24, 2.45) is 0 Å². The van der Waals surface area contributed by atoms with Gasteiger partial charge in [-0.25, -0.2) is 0 Å². The Morgan fingerprint density at radius 2 is 1.62 bits per heavy atom. The summed E-state index contributed by atoms with van der Waals surface area (Å²) in [5, 5.41) is 11.5. The third kappa shape index (κ3) is 6.08. The fraction of sp³-hybridized carbons (Fsp3) is 0.263. The molecule has 0 aromatic heterocycles. The molecule has 0 aliphatic carbocycles. The minimum atomic E-state index is -0.772. The summed E-state index contributed by atoms with van der Waals surface area (Å²) >= 11 is 1.57. The van der Waals surface area contributed by atoms with Gasteiger partial charge in [0.05, 0.1) is 5.56 Å². The molecule has 0 bridgehead atoms. The molecule has 2 N–H and O–H groups in total. The molecule has 24 heavy (non-hydrogen) atoms. The fourth-order valence-electron chi connectivity index (χ4n) is 2.23. The molecule has 0 atom stereocenters. The molecule has 0 aliphatic rings. The molecule has 0 radical (unpaired) electrons. The van der Waals surface area contributed by atoms with Crippen LogP contribution in [0.25, 0.3) is 0 Å². The van der Waals surface area contributed by atoms with Gasteiger partial charge in [0.25, 0.3) is 5.91 Å². The van der Waals surface area contributed by atoms with Gasteiger partial charge in [0.2, 0.25) is 0 Å². The molecule has 0 spiro atoms. The van der Waals surface area contributed by atoms with Crippen LogP contribution in [0, 0.1) is 0 Å². The van der Waals surface area contributed by atoms with Crippen molar-refractivity contribution >= 4 is 23.6 Å². The van der Waals surface area contributed by atoms with Crippen LogP contribution in [-0.4, -0.2) is 23.5 Å². The number of unbranched alkanes of at least 4 members (excludes halogenated alkanes) is 2. The third-order valence-electron chi connectivity index (χ3n) is 3.46. The first-order valence-corrected chi connectivity index (χ1v) is 8.80. The lowest BCUT2D eigenvalue weighted by molar-refractivity contribution is -0.137. The summed E-state index contributed by atoms with van der Waals surface area (Å²) in [6, 6.07) is 17.5. The predicted molar refractivity (Wildman–Crippen MR) is 95.4 cm³/mol. The molecule has 2 aromatic carbocycles. The molecule has 0 saturated heterocycles. The zero-order valence-corrected chi connectivity index (χ0v) is 14.2. The van der Waals surface area contributed by atoms with E-state index in [0.29, 0.717) is 18.5 Å². The van der Waals surface area contributed by atoms with Crippen molar-refractivity contribution in [2.45, 2.75) is 35.5 Å². The Hall–Kier alpha value is -2.27. The summed E-state index contributed by atoms with van der Waals surface area (Å²) in [5.41, 5.74) is 0.664. The summed E-state index contributed by atoms with van der Waals surface area (Å²) in [7, 11) is 0. The fourth-order valence-corrected chi connectivity index (χ4v) is 3.20. The van der Waals surface area contributed by atoms with E-state index in [0.717, 1.165) is 22.6 Å². The maximum absolute atomic E-state index is 12.4. The first kappa shape index (κ1) is 18.1. The van der Waals surface area contributed by atoms with Gasteiger partial charge in [0, 0.05) is 22.8 Å². The van der Waals surface area contributed by atoms with Gasteiger partial charge in [-0.15, -0.1) is 0 Å². The van der Waals surface area contributed by atoms with Crippen molar-refractivity contribution in [3.63, 3.8) is 0 Å². The SMILES string of the molecule is O=C(O)CCCCCNC(=O)c1ccccc1Sc1ccccc1. The maximum Gasteiger partial charge on any atom is 0.303 e. The van der Waals surface area contributed by atoms with Crippen molar-refractivity contribution in [2.75, 3.05) is 6.54 Å². The molecule has 0 fully saturated rings. The van der Waals surface area contributed by atoms with Crippen LogP contribution in [0.15, 0.2) is 64.4 Å². The normalized spacial score (nSPS) is 10.3. The summed E-state index contributed by atoms with van der Waals surface area (Å²) < 4.78 is 0. The quantitative estimate of drug-likeness (QED) is 0.669. The van der Waals surface area contributed by atoms with E-state index < -0.39 is 5.97 Å². The number of hydrogen-bond acceptors (Lipinski definition) is 3. The predicted octanol–water partition coefficient (Wildman–Crippen LogP) is 4.21. The zero-order valence-electron chi connectivity index (χ0n) is 13.4. The second-order valence-electron chi connectivity index (χ2n) is 5.37. The van der Waals surface area contributed by atoms with Crippen molar-refractivity contribution in [3.8, 4) is 0 Å². The monoisotopic (exact) mass is 343 g/mol. The van der Waals surface area contributed by atoms with Crippen LogP contribution >= 0.6 is 11.8 Å². The first-order chi connectivity index (χ1) is 11.7. The highest BCUT2D eigenvalue weighted by Crippen LogP contribution is 2.30. The summed E-state index contributed by atoms with van der Waals surface area (Å²) in [6.45, 7) is 0.558. The molecule has 0 saturated carbocycles. The molecule has 126 valence electrons. The largest absolute Gasteiger partial charge is 0.481 e. The van der Waals surface area contributed by atoms with E-state index in [1.807, 2.05) is 54.6 Å². The average Bonchev–Trinajstić information content (AvgIpc) is 2.59. The van der Waals surface area contributed by atoms with E-state index >= 15 is 0 Å². The molecule has 0 aliphatic heterocycles.